The van der Waals surface area contributed by atoms with Gasteiger partial charge in [-0.05, 0) is 12.8 Å². The van der Waals surface area contributed by atoms with E-state index in [2.05, 4.69) is 13.8 Å². The zero-order chi connectivity index (χ0) is 14.1. The van der Waals surface area contributed by atoms with Crippen LogP contribution in [-0.4, -0.2) is 9.04 Å². The summed E-state index contributed by atoms with van der Waals surface area (Å²) in [6, 6.07) is 0. The first-order chi connectivity index (χ1) is 8.33. The van der Waals surface area contributed by atoms with Crippen molar-refractivity contribution in [2.45, 2.75) is 74.3 Å². The second kappa shape index (κ2) is 9.90. The molecule has 0 saturated carbocycles. The van der Waals surface area contributed by atoms with Crippen molar-refractivity contribution in [3.8, 4) is 0 Å². The van der Waals surface area contributed by atoms with Crippen LogP contribution in [0.2, 0.25) is 0 Å². The third kappa shape index (κ3) is 11.0. The van der Waals surface area contributed by atoms with Gasteiger partial charge in [0, 0.05) is 12.8 Å². The van der Waals surface area contributed by atoms with Crippen molar-refractivity contribution in [1.29, 1.82) is 0 Å². The number of rotatable bonds is 11. The fourth-order valence-electron chi connectivity index (χ4n) is 1.37. The fraction of sp³-hybridized carbons (Fsp3) is 1.00. The Balaban J connectivity index is 3.88. The van der Waals surface area contributed by atoms with Gasteiger partial charge >= 0.3 is 0 Å². The maximum absolute atomic E-state index is 5.94. The lowest BCUT2D eigenvalue weighted by Crippen LogP contribution is -2.26. The lowest BCUT2D eigenvalue weighted by Gasteiger charge is -2.24. The van der Waals surface area contributed by atoms with Crippen molar-refractivity contribution in [2.24, 2.45) is 0 Å². The molecule has 0 spiro atoms. The van der Waals surface area contributed by atoms with E-state index in [1.165, 1.54) is 0 Å². The average Bonchev–Trinajstić information content (AvgIpc) is 2.27. The first kappa shape index (κ1) is 19.1. The van der Waals surface area contributed by atoms with Crippen molar-refractivity contribution >= 4 is 46.4 Å². The lowest BCUT2D eigenvalue weighted by molar-refractivity contribution is -0.342. The molecule has 0 aromatic carbocycles. The molecule has 0 unspecified atom stereocenters. The normalized spacial score (nSPS) is 13.0. The zero-order valence-electron chi connectivity index (χ0n) is 11.0. The van der Waals surface area contributed by atoms with E-state index in [4.69, 9.17) is 56.2 Å². The van der Waals surface area contributed by atoms with Crippen molar-refractivity contribution < 1.29 is 9.78 Å². The number of hydrogen-bond donors (Lipinski definition) is 0. The van der Waals surface area contributed by atoms with Crippen LogP contribution < -0.4 is 0 Å². The van der Waals surface area contributed by atoms with E-state index in [9.17, 15) is 0 Å². The molecule has 6 heteroatoms. The highest BCUT2D eigenvalue weighted by Crippen LogP contribution is 2.36. The Kier molecular flexibility index (Phi) is 10.5. The monoisotopic (exact) mass is 338 g/mol. The highest BCUT2D eigenvalue weighted by Gasteiger charge is 2.33. The summed E-state index contributed by atoms with van der Waals surface area (Å²) in [5, 5.41) is 0. The third-order valence-corrected chi connectivity index (χ3v) is 3.44. The molecule has 0 aromatic heterocycles. The third-order valence-electron chi connectivity index (χ3n) is 2.43. The minimum Gasteiger partial charge on any atom is -0.194 e. The molecule has 0 aliphatic carbocycles. The Morgan fingerprint density at radius 3 is 1.28 bits per heavy atom. The van der Waals surface area contributed by atoms with Crippen LogP contribution in [0.4, 0.5) is 0 Å². The maximum atomic E-state index is 5.94. The SMILES string of the molecule is CCCCCC(Cl)(Cl)OOC(Cl)(Cl)CCCCC. The molecule has 0 atom stereocenters. The minimum absolute atomic E-state index is 0.475. The molecule has 0 fully saturated rings. The molecule has 18 heavy (non-hydrogen) atoms. The van der Waals surface area contributed by atoms with Gasteiger partial charge in [0.1, 0.15) is 0 Å². The van der Waals surface area contributed by atoms with Gasteiger partial charge in [-0.3, -0.25) is 0 Å². The van der Waals surface area contributed by atoms with Crippen LogP contribution in [-0.2, 0) is 9.78 Å². The summed E-state index contributed by atoms with van der Waals surface area (Å²) in [7, 11) is 0. The summed E-state index contributed by atoms with van der Waals surface area (Å²) >= 11 is 23.8. The van der Waals surface area contributed by atoms with Crippen LogP contribution >= 0.6 is 46.4 Å². The van der Waals surface area contributed by atoms with E-state index in [0.717, 1.165) is 38.5 Å². The Bertz CT molecular complexity index is 188. The van der Waals surface area contributed by atoms with Crippen molar-refractivity contribution in [3.63, 3.8) is 0 Å². The van der Waals surface area contributed by atoms with Gasteiger partial charge in [-0.15, -0.1) is 0 Å². The molecule has 0 aromatic rings. The number of alkyl halides is 4. The van der Waals surface area contributed by atoms with Gasteiger partial charge in [-0.1, -0.05) is 85.9 Å². The number of unbranched alkanes of at least 4 members (excludes halogenated alkanes) is 4. The van der Waals surface area contributed by atoms with Crippen molar-refractivity contribution in [2.75, 3.05) is 0 Å². The molecule has 0 saturated heterocycles. The molecule has 0 amide bonds. The molecule has 0 aliphatic heterocycles. The Labute approximate surface area is 130 Å². The summed E-state index contributed by atoms with van der Waals surface area (Å²) in [6.45, 7) is 4.19. The maximum Gasteiger partial charge on any atom is 0.249 e. The van der Waals surface area contributed by atoms with Crippen LogP contribution in [0.5, 0.6) is 0 Å². The first-order valence-corrected chi connectivity index (χ1v) is 7.96. The quantitative estimate of drug-likeness (QED) is 0.189. The molecule has 0 aliphatic rings. The summed E-state index contributed by atoms with van der Waals surface area (Å²) < 4.78 is -2.79. The Hall–Kier alpha value is 1.08. The highest BCUT2D eigenvalue weighted by atomic mass is 35.5. The summed E-state index contributed by atoms with van der Waals surface area (Å²) in [5.74, 6) is 0. The van der Waals surface area contributed by atoms with Crippen LogP contribution in [0.25, 0.3) is 0 Å². The van der Waals surface area contributed by atoms with Crippen LogP contribution in [0.15, 0.2) is 0 Å². The average molecular weight is 340 g/mol. The summed E-state index contributed by atoms with van der Waals surface area (Å²) in [5.41, 5.74) is 0. The van der Waals surface area contributed by atoms with E-state index in [-0.39, 0.29) is 0 Å². The second-order valence-corrected chi connectivity index (χ2v) is 7.18. The standard InChI is InChI=1S/C12H22Cl4O2/c1-3-5-7-9-11(13,14)17-18-12(15,16)10-8-6-4-2/h3-10H2,1-2H3. The van der Waals surface area contributed by atoms with Gasteiger partial charge in [0.25, 0.3) is 0 Å². The number of hydrogen-bond acceptors (Lipinski definition) is 2. The van der Waals surface area contributed by atoms with E-state index >= 15 is 0 Å². The van der Waals surface area contributed by atoms with Crippen LogP contribution in [0.3, 0.4) is 0 Å². The van der Waals surface area contributed by atoms with E-state index in [1.54, 1.807) is 0 Å². The smallest absolute Gasteiger partial charge is 0.194 e. The molecular formula is C12H22Cl4O2. The Morgan fingerprint density at radius 2 is 1.00 bits per heavy atom. The molecule has 0 radical (unpaired) electrons. The van der Waals surface area contributed by atoms with Gasteiger partial charge in [-0.2, -0.15) is 9.78 Å². The predicted octanol–water partition coefficient (Wildman–Crippen LogP) is 6.36. The predicted molar refractivity (Wildman–Crippen MR) is 79.3 cm³/mol. The molecule has 0 heterocycles. The topological polar surface area (TPSA) is 18.5 Å². The van der Waals surface area contributed by atoms with E-state index in [1.807, 2.05) is 0 Å². The van der Waals surface area contributed by atoms with Crippen molar-refractivity contribution in [3.05, 3.63) is 0 Å². The molecule has 0 N–H and O–H groups in total. The van der Waals surface area contributed by atoms with Gasteiger partial charge in [0.2, 0.25) is 9.04 Å². The van der Waals surface area contributed by atoms with E-state index < -0.39 is 9.04 Å². The van der Waals surface area contributed by atoms with Crippen LogP contribution in [0, 0.1) is 0 Å². The molecule has 0 bridgehead atoms. The van der Waals surface area contributed by atoms with Gasteiger partial charge in [0.15, 0.2) is 0 Å². The molecule has 0 rings (SSSR count). The van der Waals surface area contributed by atoms with Crippen LogP contribution in [0.1, 0.15) is 65.2 Å². The van der Waals surface area contributed by atoms with E-state index in [0.29, 0.717) is 12.8 Å². The zero-order valence-corrected chi connectivity index (χ0v) is 14.0. The van der Waals surface area contributed by atoms with Gasteiger partial charge in [-0.25, -0.2) is 0 Å². The second-order valence-electron chi connectivity index (χ2n) is 4.36. The first-order valence-electron chi connectivity index (χ1n) is 6.45. The summed E-state index contributed by atoms with van der Waals surface area (Å²) in [6.07, 6.45) is 6.90. The fourth-order valence-corrected chi connectivity index (χ4v) is 2.03. The van der Waals surface area contributed by atoms with Gasteiger partial charge < -0.3 is 0 Å². The number of halogens is 4. The van der Waals surface area contributed by atoms with Gasteiger partial charge in [0.05, 0.1) is 0 Å². The lowest BCUT2D eigenvalue weighted by atomic mass is 10.2. The minimum atomic E-state index is -1.39. The highest BCUT2D eigenvalue weighted by molar-refractivity contribution is 6.48. The molecule has 110 valence electrons. The molecular weight excluding hydrogens is 318 g/mol. The Morgan fingerprint density at radius 1 is 0.667 bits per heavy atom. The van der Waals surface area contributed by atoms with Crippen molar-refractivity contribution in [1.82, 2.24) is 0 Å². The largest absolute Gasteiger partial charge is 0.249 e. The molecule has 2 nitrogen and oxygen atoms in total. The summed E-state index contributed by atoms with van der Waals surface area (Å²) in [4.78, 5) is 9.88.